The summed E-state index contributed by atoms with van der Waals surface area (Å²) in [5.74, 6) is 2.69. The third-order valence-corrected chi connectivity index (χ3v) is 8.50. The predicted octanol–water partition coefficient (Wildman–Crippen LogP) is 10.6. The molecule has 0 aromatic heterocycles. The van der Waals surface area contributed by atoms with E-state index in [2.05, 4.69) is 68.5 Å². The summed E-state index contributed by atoms with van der Waals surface area (Å²) in [6, 6.07) is 18.9. The zero-order chi connectivity index (χ0) is 22.9. The molecule has 0 saturated heterocycles. The zero-order valence-corrected chi connectivity index (χ0v) is 21.3. The highest BCUT2D eigenvalue weighted by Gasteiger charge is 2.22. The van der Waals surface area contributed by atoms with Gasteiger partial charge in [-0.2, -0.15) is 0 Å². The van der Waals surface area contributed by atoms with Gasteiger partial charge >= 0.3 is 0 Å². The lowest BCUT2D eigenvalue weighted by molar-refractivity contribution is 0.302. The van der Waals surface area contributed by atoms with E-state index >= 15 is 0 Å². The third-order valence-electron chi connectivity index (χ3n) is 8.50. The number of hydrogen-bond donors (Lipinski definition) is 0. The van der Waals surface area contributed by atoms with Crippen LogP contribution in [-0.2, 0) is 0 Å². The van der Waals surface area contributed by atoms with E-state index in [0.29, 0.717) is 0 Å². The smallest absolute Gasteiger partial charge is 0.0162 e. The molecule has 178 valence electrons. The number of benzene rings is 2. The Labute approximate surface area is 203 Å². The Morgan fingerprint density at radius 1 is 0.606 bits per heavy atom. The van der Waals surface area contributed by atoms with Crippen LogP contribution < -0.4 is 0 Å². The Morgan fingerprint density at radius 3 is 1.88 bits per heavy atom. The van der Waals surface area contributed by atoms with Crippen molar-refractivity contribution in [1.29, 1.82) is 0 Å². The fourth-order valence-corrected chi connectivity index (χ4v) is 6.29. The molecule has 0 heteroatoms. The van der Waals surface area contributed by atoms with Gasteiger partial charge in [0.1, 0.15) is 0 Å². The van der Waals surface area contributed by atoms with Crippen LogP contribution in [0.5, 0.6) is 0 Å². The molecule has 4 rings (SSSR count). The molecule has 0 amide bonds. The van der Waals surface area contributed by atoms with Crippen LogP contribution in [0.4, 0.5) is 0 Å². The van der Waals surface area contributed by atoms with E-state index < -0.39 is 0 Å². The normalized spacial score (nSPS) is 23.3. The molecule has 0 bridgehead atoms. The van der Waals surface area contributed by atoms with Gasteiger partial charge < -0.3 is 0 Å². The van der Waals surface area contributed by atoms with Gasteiger partial charge in [-0.1, -0.05) is 113 Å². The Balaban J connectivity index is 1.29. The van der Waals surface area contributed by atoms with Gasteiger partial charge in [0.25, 0.3) is 0 Å². The van der Waals surface area contributed by atoms with Crippen molar-refractivity contribution < 1.29 is 0 Å². The summed E-state index contributed by atoms with van der Waals surface area (Å²) in [4.78, 5) is 0. The summed E-state index contributed by atoms with van der Waals surface area (Å²) in [6.07, 6.45) is 21.9. The van der Waals surface area contributed by atoms with Crippen molar-refractivity contribution in [2.75, 3.05) is 0 Å². The average molecular weight is 443 g/mol. The molecular formula is C33H46. The first kappa shape index (κ1) is 24.3. The van der Waals surface area contributed by atoms with Crippen molar-refractivity contribution in [1.82, 2.24) is 0 Å². The average Bonchev–Trinajstić information content (AvgIpc) is 2.88. The third kappa shape index (κ3) is 6.84. The molecule has 1 saturated carbocycles. The van der Waals surface area contributed by atoms with Crippen LogP contribution in [0.15, 0.2) is 54.6 Å². The van der Waals surface area contributed by atoms with Crippen molar-refractivity contribution in [3.8, 4) is 11.1 Å². The number of allylic oxidation sites excluding steroid dienone is 2. The topological polar surface area (TPSA) is 0 Å². The highest BCUT2D eigenvalue weighted by atomic mass is 14.3. The summed E-state index contributed by atoms with van der Waals surface area (Å²) in [5, 5.41) is 0. The van der Waals surface area contributed by atoms with Crippen LogP contribution in [0, 0.1) is 11.8 Å². The van der Waals surface area contributed by atoms with Crippen molar-refractivity contribution >= 4 is 5.57 Å². The van der Waals surface area contributed by atoms with Crippen LogP contribution in [0.1, 0.15) is 121 Å². The van der Waals surface area contributed by atoms with Gasteiger partial charge in [0.05, 0.1) is 0 Å². The van der Waals surface area contributed by atoms with Gasteiger partial charge in [0.2, 0.25) is 0 Å². The standard InChI is InChI=1S/C33H46/c1-3-5-6-7-9-27-12-16-29(17-13-27)31-20-24-33(25-21-31)32-22-18-30(19-23-32)28-14-10-26(8-4-2)11-15-28/h14,18-27,29H,3-13,15-17H2,1-2H3. The Bertz CT molecular complexity index is 846. The molecule has 2 aliphatic rings. The monoisotopic (exact) mass is 442 g/mol. The summed E-state index contributed by atoms with van der Waals surface area (Å²) in [7, 11) is 0. The Hall–Kier alpha value is -1.82. The molecule has 2 aliphatic carbocycles. The minimum absolute atomic E-state index is 0.781. The molecule has 33 heavy (non-hydrogen) atoms. The van der Waals surface area contributed by atoms with Crippen LogP contribution in [0.2, 0.25) is 0 Å². The quantitative estimate of drug-likeness (QED) is 0.321. The molecule has 1 unspecified atom stereocenters. The van der Waals surface area contributed by atoms with Gasteiger partial charge in [-0.05, 0) is 90.5 Å². The molecule has 0 spiro atoms. The molecule has 2 aromatic carbocycles. The summed E-state index contributed by atoms with van der Waals surface area (Å²) >= 11 is 0. The molecule has 0 radical (unpaired) electrons. The van der Waals surface area contributed by atoms with Crippen molar-refractivity contribution in [3.05, 3.63) is 65.7 Å². The van der Waals surface area contributed by atoms with E-state index in [-0.39, 0.29) is 0 Å². The van der Waals surface area contributed by atoms with E-state index in [0.717, 1.165) is 17.8 Å². The number of unbranched alkanes of at least 4 members (excludes halogenated alkanes) is 3. The van der Waals surface area contributed by atoms with Crippen LogP contribution in [0.25, 0.3) is 16.7 Å². The maximum atomic E-state index is 2.51. The molecule has 0 nitrogen and oxygen atoms in total. The van der Waals surface area contributed by atoms with E-state index in [4.69, 9.17) is 0 Å². The second-order valence-electron chi connectivity index (χ2n) is 10.9. The SMILES string of the molecule is CCCCCCC1CCC(c2ccc(-c3ccc(C4=CCC(CCC)CC4)cc3)cc2)CC1. The summed E-state index contributed by atoms with van der Waals surface area (Å²) in [6.45, 7) is 4.62. The predicted molar refractivity (Wildman–Crippen MR) is 146 cm³/mol. The fraction of sp³-hybridized carbons (Fsp3) is 0.576. The minimum Gasteiger partial charge on any atom is -0.0804 e. The number of hydrogen-bond acceptors (Lipinski definition) is 0. The van der Waals surface area contributed by atoms with Crippen molar-refractivity contribution in [2.45, 2.75) is 110 Å². The lowest BCUT2D eigenvalue weighted by Crippen LogP contribution is -2.13. The van der Waals surface area contributed by atoms with Gasteiger partial charge in [0, 0.05) is 0 Å². The molecule has 0 heterocycles. The molecule has 0 N–H and O–H groups in total. The molecular weight excluding hydrogens is 396 g/mol. The lowest BCUT2D eigenvalue weighted by Gasteiger charge is -2.29. The van der Waals surface area contributed by atoms with Crippen LogP contribution >= 0.6 is 0 Å². The van der Waals surface area contributed by atoms with Gasteiger partial charge in [-0.25, -0.2) is 0 Å². The van der Waals surface area contributed by atoms with E-state index in [1.165, 1.54) is 107 Å². The Kier molecular flexibility index (Phi) is 9.27. The van der Waals surface area contributed by atoms with Gasteiger partial charge in [0.15, 0.2) is 0 Å². The van der Waals surface area contributed by atoms with E-state index in [9.17, 15) is 0 Å². The highest BCUT2D eigenvalue weighted by Crippen LogP contribution is 2.38. The maximum absolute atomic E-state index is 2.51. The van der Waals surface area contributed by atoms with Crippen molar-refractivity contribution in [2.24, 2.45) is 11.8 Å². The summed E-state index contributed by atoms with van der Waals surface area (Å²) in [5.41, 5.74) is 7.26. The zero-order valence-electron chi connectivity index (χ0n) is 21.3. The largest absolute Gasteiger partial charge is 0.0804 e. The molecule has 0 aliphatic heterocycles. The van der Waals surface area contributed by atoms with Gasteiger partial charge in [-0.15, -0.1) is 0 Å². The van der Waals surface area contributed by atoms with E-state index in [1.54, 1.807) is 11.1 Å². The maximum Gasteiger partial charge on any atom is -0.0162 e. The van der Waals surface area contributed by atoms with Crippen molar-refractivity contribution in [3.63, 3.8) is 0 Å². The first-order valence-electron chi connectivity index (χ1n) is 14.2. The molecule has 1 fully saturated rings. The second kappa shape index (κ2) is 12.6. The first-order valence-corrected chi connectivity index (χ1v) is 14.2. The van der Waals surface area contributed by atoms with Crippen LogP contribution in [-0.4, -0.2) is 0 Å². The minimum atomic E-state index is 0.781. The molecule has 1 atom stereocenters. The lowest BCUT2D eigenvalue weighted by atomic mass is 9.77. The highest BCUT2D eigenvalue weighted by molar-refractivity contribution is 5.71. The first-order chi connectivity index (χ1) is 16.3. The Morgan fingerprint density at radius 2 is 1.27 bits per heavy atom. The second-order valence-corrected chi connectivity index (χ2v) is 10.9. The van der Waals surface area contributed by atoms with E-state index in [1.807, 2.05) is 0 Å². The number of rotatable bonds is 10. The fourth-order valence-electron chi connectivity index (χ4n) is 6.29. The molecule has 2 aromatic rings. The van der Waals surface area contributed by atoms with Crippen LogP contribution in [0.3, 0.4) is 0 Å². The van der Waals surface area contributed by atoms with Gasteiger partial charge in [-0.3, -0.25) is 0 Å². The summed E-state index contributed by atoms with van der Waals surface area (Å²) < 4.78 is 0.